The van der Waals surface area contributed by atoms with E-state index in [4.69, 9.17) is 0 Å². The van der Waals surface area contributed by atoms with Crippen LogP contribution < -0.4 is 9.62 Å². The lowest BCUT2D eigenvalue weighted by atomic mass is 10.0. The molecule has 4 aromatic carbocycles. The molecule has 0 saturated heterocycles. The van der Waals surface area contributed by atoms with Crippen molar-refractivity contribution in [2.75, 3.05) is 17.4 Å². The van der Waals surface area contributed by atoms with Gasteiger partial charge >= 0.3 is 0 Å². The summed E-state index contributed by atoms with van der Waals surface area (Å²) in [6.07, 6.45) is 0.203. The number of likely N-dealkylation sites (N-methyl/N-ethyl adjacent to an activating group) is 1. The van der Waals surface area contributed by atoms with Gasteiger partial charge in [0.05, 0.1) is 10.6 Å². The van der Waals surface area contributed by atoms with Gasteiger partial charge < -0.3 is 10.2 Å². The normalized spacial score (nSPS) is 11.9. The predicted octanol–water partition coefficient (Wildman–Crippen LogP) is 5.41. The van der Waals surface area contributed by atoms with E-state index in [1.165, 1.54) is 29.2 Å². The summed E-state index contributed by atoms with van der Waals surface area (Å²) in [6.45, 7) is 5.25. The summed E-state index contributed by atoms with van der Waals surface area (Å²) < 4.78 is 43.0. The number of sulfonamides is 1. The van der Waals surface area contributed by atoms with Crippen LogP contribution in [0, 0.1) is 19.7 Å². The van der Waals surface area contributed by atoms with E-state index in [-0.39, 0.29) is 23.8 Å². The van der Waals surface area contributed by atoms with Crippen LogP contribution in [0.5, 0.6) is 0 Å². The van der Waals surface area contributed by atoms with Gasteiger partial charge in [0.1, 0.15) is 18.4 Å². The van der Waals surface area contributed by atoms with E-state index in [9.17, 15) is 22.4 Å². The second-order valence-electron chi connectivity index (χ2n) is 10.3. The Morgan fingerprint density at radius 2 is 1.44 bits per heavy atom. The van der Waals surface area contributed by atoms with E-state index >= 15 is 0 Å². The first-order chi connectivity index (χ1) is 20.6. The number of amides is 2. The first-order valence-electron chi connectivity index (χ1n) is 14.1. The third kappa shape index (κ3) is 7.67. The molecule has 1 atom stereocenters. The van der Waals surface area contributed by atoms with E-state index in [0.29, 0.717) is 23.4 Å². The van der Waals surface area contributed by atoms with E-state index in [1.54, 1.807) is 49.4 Å². The average Bonchev–Trinajstić information content (AvgIpc) is 3.01. The molecule has 0 aliphatic carbocycles. The minimum atomic E-state index is -4.18. The third-order valence-corrected chi connectivity index (χ3v) is 9.12. The standard InChI is InChI=1S/C34H36FN3O4S/c1-4-36-34(40)32(22-27-13-7-5-8-14-27)37(23-28-18-20-29(35)21-19-28)33(39)24-38(31-17-11-12-25(2)26(31)3)43(41,42)30-15-9-6-10-16-30/h5-21,32H,4,22-24H2,1-3H3,(H,36,40)/t32-/m1/s1. The highest BCUT2D eigenvalue weighted by Crippen LogP contribution is 2.29. The van der Waals surface area contributed by atoms with Crippen LogP contribution in [0.3, 0.4) is 0 Å². The molecule has 7 nitrogen and oxygen atoms in total. The number of anilines is 1. The molecule has 0 radical (unpaired) electrons. The zero-order chi connectivity index (χ0) is 31.0. The molecule has 0 aromatic heterocycles. The summed E-state index contributed by atoms with van der Waals surface area (Å²) in [7, 11) is -4.18. The van der Waals surface area contributed by atoms with Gasteiger partial charge in [-0.25, -0.2) is 12.8 Å². The van der Waals surface area contributed by atoms with E-state index in [2.05, 4.69) is 5.32 Å². The highest BCUT2D eigenvalue weighted by Gasteiger charge is 2.35. The summed E-state index contributed by atoms with van der Waals surface area (Å²) in [5.41, 5.74) is 3.38. The van der Waals surface area contributed by atoms with Crippen LogP contribution in [-0.2, 0) is 32.6 Å². The maximum atomic E-state index is 14.4. The molecule has 0 heterocycles. The minimum Gasteiger partial charge on any atom is -0.355 e. The quantitative estimate of drug-likeness (QED) is 0.235. The molecule has 0 spiro atoms. The van der Waals surface area contributed by atoms with Crippen molar-refractivity contribution in [3.8, 4) is 0 Å². The summed E-state index contributed by atoms with van der Waals surface area (Å²) in [4.78, 5) is 29.3. The monoisotopic (exact) mass is 601 g/mol. The molecule has 0 saturated carbocycles. The van der Waals surface area contributed by atoms with Gasteiger partial charge in [-0.3, -0.25) is 13.9 Å². The van der Waals surface area contributed by atoms with Gasteiger partial charge in [0.25, 0.3) is 10.0 Å². The number of hydrogen-bond donors (Lipinski definition) is 1. The van der Waals surface area contributed by atoms with Gasteiger partial charge in [0.15, 0.2) is 0 Å². The van der Waals surface area contributed by atoms with Crippen LogP contribution in [0.25, 0.3) is 0 Å². The van der Waals surface area contributed by atoms with E-state index in [1.807, 2.05) is 50.2 Å². The van der Waals surface area contributed by atoms with Gasteiger partial charge in [-0.2, -0.15) is 0 Å². The van der Waals surface area contributed by atoms with Crippen LogP contribution in [0.4, 0.5) is 10.1 Å². The van der Waals surface area contributed by atoms with Crippen LogP contribution in [0.1, 0.15) is 29.2 Å². The predicted molar refractivity (Wildman–Crippen MR) is 166 cm³/mol. The number of hydrogen-bond acceptors (Lipinski definition) is 4. The third-order valence-electron chi connectivity index (χ3n) is 7.34. The second kappa shape index (κ2) is 14.1. The molecule has 0 aliphatic heterocycles. The molecule has 1 N–H and O–H groups in total. The maximum Gasteiger partial charge on any atom is 0.264 e. The van der Waals surface area contributed by atoms with Crippen LogP contribution in [0.15, 0.2) is 108 Å². The lowest BCUT2D eigenvalue weighted by molar-refractivity contribution is -0.140. The Kier molecular flexibility index (Phi) is 10.3. The van der Waals surface area contributed by atoms with Gasteiger partial charge in [-0.15, -0.1) is 0 Å². The van der Waals surface area contributed by atoms with Crippen LogP contribution in [0.2, 0.25) is 0 Å². The molecule has 0 aliphatic rings. The van der Waals surface area contributed by atoms with E-state index in [0.717, 1.165) is 15.4 Å². The fourth-order valence-corrected chi connectivity index (χ4v) is 6.36. The summed E-state index contributed by atoms with van der Waals surface area (Å²) >= 11 is 0. The molecule has 2 amide bonds. The summed E-state index contributed by atoms with van der Waals surface area (Å²) in [5.74, 6) is -1.37. The van der Waals surface area contributed by atoms with Gasteiger partial charge in [-0.1, -0.05) is 72.8 Å². The number of nitrogens with one attached hydrogen (secondary N) is 1. The molecule has 9 heteroatoms. The highest BCUT2D eigenvalue weighted by atomic mass is 32.2. The van der Waals surface area contributed by atoms with E-state index < -0.39 is 34.3 Å². The second-order valence-corrected chi connectivity index (χ2v) is 12.2. The number of benzene rings is 4. The average molecular weight is 602 g/mol. The molecule has 43 heavy (non-hydrogen) atoms. The Morgan fingerprint density at radius 1 is 0.814 bits per heavy atom. The van der Waals surface area contributed by atoms with Crippen molar-refractivity contribution in [1.29, 1.82) is 0 Å². The molecule has 0 fully saturated rings. The number of rotatable bonds is 12. The molecule has 0 bridgehead atoms. The summed E-state index contributed by atoms with van der Waals surface area (Å²) in [5, 5.41) is 2.83. The fourth-order valence-electron chi connectivity index (χ4n) is 4.87. The lowest BCUT2D eigenvalue weighted by Crippen LogP contribution is -2.53. The largest absolute Gasteiger partial charge is 0.355 e. The zero-order valence-corrected chi connectivity index (χ0v) is 25.4. The molecule has 0 unspecified atom stereocenters. The van der Waals surface area contributed by atoms with Crippen molar-refractivity contribution >= 4 is 27.5 Å². The summed E-state index contributed by atoms with van der Waals surface area (Å²) in [6, 6.07) is 27.3. The van der Waals surface area contributed by atoms with Crippen molar-refractivity contribution < 1.29 is 22.4 Å². The Bertz CT molecular complexity index is 1650. The Hall–Kier alpha value is -4.50. The fraction of sp³-hybridized carbons (Fsp3) is 0.235. The van der Waals surface area contributed by atoms with Crippen molar-refractivity contribution in [1.82, 2.24) is 10.2 Å². The van der Waals surface area contributed by atoms with Gasteiger partial charge in [0.2, 0.25) is 11.8 Å². The number of halogens is 1. The van der Waals surface area contributed by atoms with Crippen molar-refractivity contribution in [2.24, 2.45) is 0 Å². The maximum absolute atomic E-state index is 14.4. The first kappa shape index (κ1) is 31.4. The van der Waals surface area contributed by atoms with Gasteiger partial charge in [0, 0.05) is 19.5 Å². The Morgan fingerprint density at radius 3 is 2.07 bits per heavy atom. The number of aryl methyl sites for hydroxylation is 1. The lowest BCUT2D eigenvalue weighted by Gasteiger charge is -2.34. The van der Waals surface area contributed by atoms with Gasteiger partial charge in [-0.05, 0) is 73.4 Å². The molecule has 4 rings (SSSR count). The van der Waals surface area contributed by atoms with Crippen molar-refractivity contribution in [3.05, 3.63) is 131 Å². The molecule has 4 aromatic rings. The van der Waals surface area contributed by atoms with Crippen LogP contribution in [-0.4, -0.2) is 44.3 Å². The first-order valence-corrected chi connectivity index (χ1v) is 15.6. The topological polar surface area (TPSA) is 86.8 Å². The smallest absolute Gasteiger partial charge is 0.264 e. The Balaban J connectivity index is 1.81. The Labute approximate surface area is 253 Å². The number of carbonyl (C=O) groups excluding carboxylic acids is 2. The molecular formula is C34H36FN3O4S. The highest BCUT2D eigenvalue weighted by molar-refractivity contribution is 7.92. The van der Waals surface area contributed by atoms with Crippen LogP contribution >= 0.6 is 0 Å². The SMILES string of the molecule is CCNC(=O)[C@@H](Cc1ccccc1)N(Cc1ccc(F)cc1)C(=O)CN(c1cccc(C)c1C)S(=O)(=O)c1ccccc1. The number of carbonyl (C=O) groups is 2. The van der Waals surface area contributed by atoms with Crippen molar-refractivity contribution in [2.45, 2.75) is 44.7 Å². The zero-order valence-electron chi connectivity index (χ0n) is 24.5. The minimum absolute atomic E-state index is 0.0280. The number of nitrogens with zero attached hydrogens (tertiary/aromatic N) is 2. The van der Waals surface area contributed by atoms with Crippen molar-refractivity contribution in [3.63, 3.8) is 0 Å². The molecule has 224 valence electrons. The molecular weight excluding hydrogens is 565 g/mol.